The van der Waals surface area contributed by atoms with Gasteiger partial charge in [-0.25, -0.2) is 4.98 Å². The van der Waals surface area contributed by atoms with E-state index in [1.165, 1.54) is 11.8 Å². The van der Waals surface area contributed by atoms with Crippen molar-refractivity contribution in [2.45, 2.75) is 12.2 Å². The molecule has 1 aromatic heterocycles. The smallest absolute Gasteiger partial charge is 0.173 e. The van der Waals surface area contributed by atoms with Gasteiger partial charge in [-0.05, 0) is 40.7 Å². The Kier molecular flexibility index (Phi) is 7.57. The third kappa shape index (κ3) is 5.26. The summed E-state index contributed by atoms with van der Waals surface area (Å²) < 4.78 is 0.863. The quantitative estimate of drug-likeness (QED) is 0.517. The average molecular weight is 309 g/mol. The van der Waals surface area contributed by atoms with Crippen molar-refractivity contribution in [2.24, 2.45) is 5.73 Å². The van der Waals surface area contributed by atoms with Crippen molar-refractivity contribution in [2.75, 3.05) is 6.26 Å². The van der Waals surface area contributed by atoms with Crippen LogP contribution in [0.2, 0.25) is 5.15 Å². The van der Waals surface area contributed by atoms with E-state index in [-0.39, 0.29) is 0 Å². The zero-order chi connectivity index (χ0) is 11.8. The van der Waals surface area contributed by atoms with Gasteiger partial charge in [0.2, 0.25) is 0 Å². The van der Waals surface area contributed by atoms with E-state index in [1.807, 2.05) is 12.3 Å². The van der Waals surface area contributed by atoms with Gasteiger partial charge in [-0.3, -0.25) is 0 Å². The molecule has 1 unspecified atom stereocenters. The van der Waals surface area contributed by atoms with Gasteiger partial charge in [0, 0.05) is 11.4 Å². The molecule has 0 bridgehead atoms. The van der Waals surface area contributed by atoms with Crippen LogP contribution in [0.25, 0.3) is 0 Å². The highest BCUT2D eigenvalue weighted by atomic mass is 79.9. The van der Waals surface area contributed by atoms with Crippen LogP contribution in [0.5, 0.6) is 0 Å². The SMILES string of the molecule is CSC(C)c1cnc(Cl)c(Br)c1.N#CN. The van der Waals surface area contributed by atoms with Crippen LogP contribution in [0.4, 0.5) is 0 Å². The molecule has 6 heteroatoms. The molecular formula is C9H11BrClN3S. The molecule has 0 radical (unpaired) electrons. The number of aromatic nitrogens is 1. The fourth-order valence-corrected chi connectivity index (χ4v) is 1.67. The van der Waals surface area contributed by atoms with Gasteiger partial charge in [0.05, 0.1) is 4.47 Å². The molecule has 0 aromatic carbocycles. The molecule has 0 saturated heterocycles. The fraction of sp³-hybridized carbons (Fsp3) is 0.333. The third-order valence-corrected chi connectivity index (χ3v) is 3.75. The normalized spacial score (nSPS) is 10.9. The van der Waals surface area contributed by atoms with Gasteiger partial charge in [0.25, 0.3) is 0 Å². The molecule has 1 heterocycles. The molecule has 1 rings (SSSR count). The van der Waals surface area contributed by atoms with Gasteiger partial charge in [-0.2, -0.15) is 17.0 Å². The summed E-state index contributed by atoms with van der Waals surface area (Å²) in [6, 6.07) is 2.01. The highest BCUT2D eigenvalue weighted by molar-refractivity contribution is 9.10. The maximum Gasteiger partial charge on any atom is 0.173 e. The number of rotatable bonds is 2. The largest absolute Gasteiger partial charge is 0.337 e. The van der Waals surface area contributed by atoms with E-state index >= 15 is 0 Å². The summed E-state index contributed by atoms with van der Waals surface area (Å²) in [5, 5.41) is 8.08. The first-order chi connectivity index (χ1) is 7.06. The number of thioether (sulfide) groups is 1. The minimum absolute atomic E-state index is 0.464. The summed E-state index contributed by atoms with van der Waals surface area (Å²) in [4.78, 5) is 4.05. The molecule has 0 aliphatic heterocycles. The van der Waals surface area contributed by atoms with Crippen LogP contribution in [0, 0.1) is 11.5 Å². The summed E-state index contributed by atoms with van der Waals surface area (Å²) >= 11 is 10.9. The van der Waals surface area contributed by atoms with Crippen molar-refractivity contribution >= 4 is 39.3 Å². The molecule has 0 amide bonds. The van der Waals surface area contributed by atoms with E-state index in [9.17, 15) is 0 Å². The van der Waals surface area contributed by atoms with Crippen molar-refractivity contribution in [3.8, 4) is 6.19 Å². The standard InChI is InChI=1S/C8H9BrClNS.CH2N2/c1-5(12-2)6-3-7(9)8(10)11-4-6;2-1-3/h3-5H,1-2H3;2H2. The van der Waals surface area contributed by atoms with Gasteiger partial charge in [0.1, 0.15) is 5.15 Å². The molecule has 82 valence electrons. The zero-order valence-electron chi connectivity index (χ0n) is 8.37. The lowest BCUT2D eigenvalue weighted by Gasteiger charge is -2.08. The molecule has 0 saturated carbocycles. The Balaban J connectivity index is 0.000000583. The van der Waals surface area contributed by atoms with E-state index in [0.717, 1.165) is 4.47 Å². The first kappa shape index (κ1) is 14.6. The molecule has 0 spiro atoms. The van der Waals surface area contributed by atoms with Crippen molar-refractivity contribution in [1.29, 1.82) is 5.26 Å². The Morgan fingerprint density at radius 1 is 1.73 bits per heavy atom. The predicted molar refractivity (Wildman–Crippen MR) is 68.7 cm³/mol. The van der Waals surface area contributed by atoms with Crippen molar-refractivity contribution in [3.05, 3.63) is 27.5 Å². The Morgan fingerprint density at radius 3 is 2.67 bits per heavy atom. The van der Waals surface area contributed by atoms with Gasteiger partial charge in [0.15, 0.2) is 6.19 Å². The molecule has 2 N–H and O–H groups in total. The van der Waals surface area contributed by atoms with E-state index in [4.69, 9.17) is 16.9 Å². The van der Waals surface area contributed by atoms with E-state index in [2.05, 4.69) is 39.8 Å². The second kappa shape index (κ2) is 7.80. The lowest BCUT2D eigenvalue weighted by molar-refractivity contribution is 1.07. The molecule has 3 nitrogen and oxygen atoms in total. The average Bonchev–Trinajstić information content (AvgIpc) is 2.22. The van der Waals surface area contributed by atoms with Gasteiger partial charge >= 0.3 is 0 Å². The molecule has 15 heavy (non-hydrogen) atoms. The van der Waals surface area contributed by atoms with Crippen molar-refractivity contribution in [1.82, 2.24) is 4.98 Å². The highest BCUT2D eigenvalue weighted by Crippen LogP contribution is 2.29. The number of pyridine rings is 1. The lowest BCUT2D eigenvalue weighted by Crippen LogP contribution is -1.89. The van der Waals surface area contributed by atoms with E-state index < -0.39 is 0 Å². The second-order valence-electron chi connectivity index (χ2n) is 2.55. The van der Waals surface area contributed by atoms with Crippen LogP contribution in [0.15, 0.2) is 16.7 Å². The topological polar surface area (TPSA) is 62.7 Å². The number of halogens is 2. The van der Waals surface area contributed by atoms with Crippen molar-refractivity contribution < 1.29 is 0 Å². The maximum absolute atomic E-state index is 7.10. The van der Waals surface area contributed by atoms with Crippen LogP contribution < -0.4 is 5.73 Å². The first-order valence-electron chi connectivity index (χ1n) is 4.00. The number of nitriles is 1. The monoisotopic (exact) mass is 307 g/mol. The summed E-state index contributed by atoms with van der Waals surface area (Å²) in [5.74, 6) is 0. The van der Waals surface area contributed by atoms with E-state index in [0.29, 0.717) is 10.4 Å². The zero-order valence-corrected chi connectivity index (χ0v) is 11.5. The maximum atomic E-state index is 7.10. The summed E-state index contributed by atoms with van der Waals surface area (Å²) in [6.45, 7) is 2.14. The van der Waals surface area contributed by atoms with Crippen LogP contribution in [-0.2, 0) is 0 Å². The predicted octanol–water partition coefficient (Wildman–Crippen LogP) is 3.35. The number of hydrogen-bond donors (Lipinski definition) is 1. The number of nitrogens with two attached hydrogens (primary N) is 1. The summed E-state index contributed by atoms with van der Waals surface area (Å²) in [6.07, 6.45) is 5.14. The first-order valence-corrected chi connectivity index (χ1v) is 6.46. The van der Waals surface area contributed by atoms with Gasteiger partial charge in [-0.1, -0.05) is 11.6 Å². The highest BCUT2D eigenvalue weighted by Gasteiger charge is 2.06. The minimum atomic E-state index is 0.464. The third-order valence-electron chi connectivity index (χ3n) is 1.64. The molecule has 0 aliphatic carbocycles. The van der Waals surface area contributed by atoms with Crippen LogP contribution >= 0.6 is 39.3 Å². The Bertz CT molecular complexity index is 354. The Morgan fingerprint density at radius 2 is 2.27 bits per heavy atom. The minimum Gasteiger partial charge on any atom is -0.337 e. The Labute approximate surface area is 107 Å². The molecular weight excluding hydrogens is 298 g/mol. The molecule has 0 aliphatic rings. The number of hydrogen-bond acceptors (Lipinski definition) is 4. The second-order valence-corrected chi connectivity index (χ2v) is 4.94. The van der Waals surface area contributed by atoms with Gasteiger partial charge < -0.3 is 5.73 Å². The summed E-state index contributed by atoms with van der Waals surface area (Å²) in [5.41, 5.74) is 5.35. The van der Waals surface area contributed by atoms with Gasteiger partial charge in [-0.15, -0.1) is 0 Å². The Hall–Kier alpha value is -0.440. The van der Waals surface area contributed by atoms with E-state index in [1.54, 1.807) is 11.8 Å². The fourth-order valence-electron chi connectivity index (χ4n) is 0.794. The molecule has 1 atom stereocenters. The molecule has 1 aromatic rings. The van der Waals surface area contributed by atoms with Crippen molar-refractivity contribution in [3.63, 3.8) is 0 Å². The summed E-state index contributed by atoms with van der Waals surface area (Å²) in [7, 11) is 0. The lowest BCUT2D eigenvalue weighted by atomic mass is 10.2. The molecule has 0 fully saturated rings. The van der Waals surface area contributed by atoms with Crippen LogP contribution in [-0.4, -0.2) is 11.2 Å². The number of nitrogens with zero attached hydrogens (tertiary/aromatic N) is 2. The van der Waals surface area contributed by atoms with Crippen LogP contribution in [0.3, 0.4) is 0 Å². The van der Waals surface area contributed by atoms with Crippen LogP contribution in [0.1, 0.15) is 17.7 Å².